The molecule has 0 unspecified atom stereocenters. The summed E-state index contributed by atoms with van der Waals surface area (Å²) >= 11 is 0. The van der Waals surface area contributed by atoms with E-state index >= 15 is 0 Å². The van der Waals surface area contributed by atoms with Crippen LogP contribution in [0, 0.1) is 0 Å². The molecule has 0 aliphatic heterocycles. The third kappa shape index (κ3) is 414. The smallest absolute Gasteiger partial charge is 0.907 e. The summed E-state index contributed by atoms with van der Waals surface area (Å²) in [6.45, 7) is 0. The van der Waals surface area contributed by atoms with Crippen molar-refractivity contribution in [3.8, 4) is 0 Å². The zero-order valence-corrected chi connectivity index (χ0v) is 18.3. The molecule has 14 heavy (non-hydrogen) atoms. The molecule has 14 heteroatoms. The van der Waals surface area contributed by atoms with Crippen LogP contribution in [0.4, 0.5) is 0 Å². The van der Waals surface area contributed by atoms with E-state index < -0.39 is 14.6 Å². The van der Waals surface area contributed by atoms with Crippen molar-refractivity contribution in [1.29, 1.82) is 0 Å². The van der Waals surface area contributed by atoms with Crippen molar-refractivity contribution in [2.24, 2.45) is 0 Å². The van der Waals surface area contributed by atoms with E-state index in [1.165, 1.54) is 0 Å². The van der Waals surface area contributed by atoms with Crippen LogP contribution in [-0.2, 0) is 0 Å². The number of hydrogen-bond donors (Lipinski definition) is 0. The van der Waals surface area contributed by atoms with E-state index in [2.05, 4.69) is 0 Å². The molecule has 0 aliphatic rings. The molecule has 0 atom stereocenters. The van der Waals surface area contributed by atoms with Gasteiger partial charge in [0.15, 0.2) is 0 Å². The predicted octanol–water partition coefficient (Wildman–Crippen LogP) is -11.5. The van der Waals surface area contributed by atoms with Gasteiger partial charge >= 0.3 is 81.9 Å². The van der Waals surface area contributed by atoms with E-state index in [0.29, 0.717) is 0 Å². The second kappa shape index (κ2) is 45.1. The molecule has 0 bridgehead atoms. The number of hydrogen-bond acceptors (Lipinski definition) is 6. The van der Waals surface area contributed by atoms with E-state index in [1.807, 2.05) is 0 Å². The molecule has 78 valence electrons. The van der Waals surface area contributed by atoms with Crippen molar-refractivity contribution < 1.29 is 46.6 Å². The fraction of sp³-hybridized carbons (Fsp3) is 0. The molecule has 0 saturated carbocycles. The molecule has 0 aromatic carbocycles. The zero-order chi connectivity index (χ0) is 7.15. The Kier molecular flexibility index (Phi) is 176. The van der Waals surface area contributed by atoms with Gasteiger partial charge in [0.1, 0.15) is 0 Å². The van der Waals surface area contributed by atoms with Crippen molar-refractivity contribution in [3.63, 3.8) is 0 Å². The molecule has 0 rings (SSSR count). The Hall–Kier alpha value is 2.54. The molecule has 0 aliphatic carbocycles. The maximum Gasteiger partial charge on any atom is 2.00 e. The van der Waals surface area contributed by atoms with Crippen molar-refractivity contribution in [2.75, 3.05) is 0 Å². The Balaban J connectivity index is -0.00000000600. The van der Waals surface area contributed by atoms with Crippen LogP contribution in [0.2, 0.25) is 0 Å². The van der Waals surface area contributed by atoms with Crippen molar-refractivity contribution in [2.45, 2.75) is 0 Å². The predicted molar refractivity (Wildman–Crippen MR) is 39.6 cm³/mol. The summed E-state index contributed by atoms with van der Waals surface area (Å²) in [5, 5.41) is 50.5. The third-order valence-electron chi connectivity index (χ3n) is 0. The Morgan fingerprint density at radius 1 is 0.429 bits per heavy atom. The van der Waals surface area contributed by atoms with Gasteiger partial charge in [0, 0.05) is 0 Å². The molecule has 0 heterocycles. The van der Waals surface area contributed by atoms with E-state index in [-0.39, 0.29) is 98.3 Å². The van der Waals surface area contributed by atoms with Crippen LogP contribution in [-0.4, -0.2) is 113 Å². The van der Waals surface area contributed by atoms with Crippen LogP contribution in [0.3, 0.4) is 0 Å². The minimum absolute atomic E-state index is 0. The molecule has 0 saturated heterocycles. The summed E-state index contributed by atoms with van der Waals surface area (Å²) < 4.78 is 0. The van der Waals surface area contributed by atoms with Crippen molar-refractivity contribution in [3.05, 3.63) is 0 Å². The first-order chi connectivity index (χ1) is 3.46. The molecule has 6 radical (unpaired) electrons. The largest absolute Gasteiger partial charge is 2.00 e. The average molecular weight is 793 g/mol. The van der Waals surface area contributed by atoms with Crippen LogP contribution in [0.1, 0.15) is 0 Å². The quantitative estimate of drug-likeness (QED) is 0.216. The first-order valence-electron chi connectivity index (χ1n) is 1.41. The second-order valence-electron chi connectivity index (χ2n) is 0.577. The van der Waals surface area contributed by atoms with Gasteiger partial charge in [0.05, 0.1) is 0 Å². The Bertz CT molecular complexity index is 33.5. The fourth-order valence-electron chi connectivity index (χ4n) is 0. The van der Waals surface area contributed by atoms with Gasteiger partial charge < -0.3 is 46.6 Å². The fourth-order valence-corrected chi connectivity index (χ4v) is 0. The summed E-state index contributed by atoms with van der Waals surface area (Å²) in [5.74, 6) is 0. The van der Waals surface area contributed by atoms with Gasteiger partial charge in [0.25, 0.3) is 0 Å². The first kappa shape index (κ1) is 54.8. The van der Waals surface area contributed by atoms with Crippen LogP contribution in [0.25, 0.3) is 0 Å². The van der Waals surface area contributed by atoms with Gasteiger partial charge in [0.2, 0.25) is 0 Å². The minimum atomic E-state index is -2.92. The molecule has 0 amide bonds. The average Bonchev–Trinajstić information content (AvgIpc) is 1.25. The van der Waals surface area contributed by atoms with E-state index in [1.54, 1.807) is 0 Å². The Morgan fingerprint density at radius 3 is 0.429 bits per heavy atom. The molecule has 0 aromatic heterocycles. The molecule has 0 aromatic rings. The molecule has 9 nitrogen and oxygen atoms in total. The zero-order valence-electron chi connectivity index (χ0n) is 6.60. The van der Waals surface area contributed by atoms with Gasteiger partial charge in [-0.15, -0.1) is 0 Å². The Morgan fingerprint density at radius 2 is 0.429 bits per heavy atom. The van der Waals surface area contributed by atoms with Crippen LogP contribution in [0.15, 0.2) is 0 Å². The standard InChI is InChI=1S/2BO3.3H2O.3Pb/c2*2-1(3)4;;;;;;/h;;3*1H2;;;/q2*-3;;;;3*+2. The summed E-state index contributed by atoms with van der Waals surface area (Å²) in [6, 6.07) is 0. The maximum absolute atomic E-state index is 8.42. The van der Waals surface area contributed by atoms with Crippen LogP contribution >= 0.6 is 0 Å². The molecule has 6 N–H and O–H groups in total. The normalized spacial score (nSPS) is 3.86. The van der Waals surface area contributed by atoms with Crippen LogP contribution in [0.5, 0.6) is 0 Å². The van der Waals surface area contributed by atoms with E-state index in [9.17, 15) is 0 Å². The van der Waals surface area contributed by atoms with E-state index in [0.717, 1.165) is 0 Å². The van der Waals surface area contributed by atoms with Crippen LogP contribution < -0.4 is 30.1 Å². The first-order valence-corrected chi connectivity index (χ1v) is 1.41. The van der Waals surface area contributed by atoms with E-state index in [4.69, 9.17) is 30.1 Å². The van der Waals surface area contributed by atoms with Crippen molar-refractivity contribution in [1.82, 2.24) is 0 Å². The maximum atomic E-state index is 8.42. The third-order valence-corrected chi connectivity index (χ3v) is 0. The molecular formula is H6B2O9Pb3. The van der Waals surface area contributed by atoms with Gasteiger partial charge in [-0.2, -0.15) is 0 Å². The topological polar surface area (TPSA) is 233 Å². The van der Waals surface area contributed by atoms with Gasteiger partial charge in [-0.1, -0.05) is 0 Å². The summed E-state index contributed by atoms with van der Waals surface area (Å²) in [6.07, 6.45) is 0. The van der Waals surface area contributed by atoms with Crippen molar-refractivity contribution >= 4 is 96.5 Å². The van der Waals surface area contributed by atoms with Gasteiger partial charge in [-0.3, -0.25) is 14.6 Å². The molecule has 0 fully saturated rings. The van der Waals surface area contributed by atoms with Gasteiger partial charge in [-0.25, -0.2) is 0 Å². The molecule has 0 spiro atoms. The second-order valence-corrected chi connectivity index (χ2v) is 0.577. The summed E-state index contributed by atoms with van der Waals surface area (Å²) in [4.78, 5) is 0. The molecular weight excluding hydrogens is 787 g/mol. The monoisotopic (exact) mass is 796 g/mol. The van der Waals surface area contributed by atoms with Gasteiger partial charge in [-0.05, 0) is 0 Å². The number of rotatable bonds is 0. The summed E-state index contributed by atoms with van der Waals surface area (Å²) in [5.41, 5.74) is 0. The Labute approximate surface area is 141 Å². The minimum Gasteiger partial charge on any atom is -0.907 e. The summed E-state index contributed by atoms with van der Waals surface area (Å²) in [7, 11) is -5.83. The SMILES string of the molecule is O.O.O.[O-]B([O-])[O-].[O-]B([O-])[O-].[Pb+2].[Pb+2].[Pb+2].